The molecule has 3 heteroatoms. The summed E-state index contributed by atoms with van der Waals surface area (Å²) in [4.78, 5) is 0. The lowest BCUT2D eigenvalue weighted by atomic mass is 10.2. The van der Waals surface area contributed by atoms with Crippen LogP contribution in [-0.2, 0) is 9.47 Å². The van der Waals surface area contributed by atoms with E-state index in [1.54, 1.807) is 14.2 Å². The zero-order valence-corrected chi connectivity index (χ0v) is 8.43. The topological polar surface area (TPSA) is 30.5 Å². The van der Waals surface area contributed by atoms with E-state index in [1.807, 2.05) is 0 Å². The van der Waals surface area contributed by atoms with Crippen molar-refractivity contribution in [1.82, 2.24) is 5.32 Å². The lowest BCUT2D eigenvalue weighted by Crippen LogP contribution is -2.33. The first-order chi connectivity index (χ1) is 5.85. The van der Waals surface area contributed by atoms with Gasteiger partial charge in [-0.2, -0.15) is 0 Å². The van der Waals surface area contributed by atoms with E-state index in [1.165, 1.54) is 0 Å². The molecule has 3 nitrogen and oxygen atoms in total. The second kappa shape index (κ2) is 8.97. The Bertz CT molecular complexity index is 88.6. The van der Waals surface area contributed by atoms with Crippen molar-refractivity contribution in [2.24, 2.45) is 0 Å². The van der Waals surface area contributed by atoms with E-state index < -0.39 is 0 Å². The standard InChI is InChI=1S/C9H21NO2/c1-4-9(8-12-3)10-6-5-7-11-2/h9-10H,4-8H2,1-3H3. The molecule has 0 amide bonds. The van der Waals surface area contributed by atoms with E-state index in [9.17, 15) is 0 Å². The van der Waals surface area contributed by atoms with Crippen molar-refractivity contribution in [3.63, 3.8) is 0 Å². The average molecular weight is 175 g/mol. The van der Waals surface area contributed by atoms with Gasteiger partial charge in [-0.15, -0.1) is 0 Å². The number of hydrogen-bond donors (Lipinski definition) is 1. The smallest absolute Gasteiger partial charge is 0.0615 e. The van der Waals surface area contributed by atoms with Crippen molar-refractivity contribution in [2.75, 3.05) is 34.0 Å². The first-order valence-electron chi connectivity index (χ1n) is 4.56. The predicted molar refractivity (Wildman–Crippen MR) is 50.5 cm³/mol. The molecule has 0 saturated heterocycles. The molecule has 0 spiro atoms. The summed E-state index contributed by atoms with van der Waals surface area (Å²) >= 11 is 0. The van der Waals surface area contributed by atoms with Crippen LogP contribution < -0.4 is 5.32 Å². The molecule has 0 aromatic heterocycles. The van der Waals surface area contributed by atoms with Gasteiger partial charge in [-0.05, 0) is 19.4 Å². The van der Waals surface area contributed by atoms with Crippen LogP contribution in [0.25, 0.3) is 0 Å². The Morgan fingerprint density at radius 2 is 2.00 bits per heavy atom. The van der Waals surface area contributed by atoms with Crippen LogP contribution in [0.15, 0.2) is 0 Å². The average Bonchev–Trinajstić information content (AvgIpc) is 2.10. The third-order valence-electron chi connectivity index (χ3n) is 1.82. The first kappa shape index (κ1) is 11.9. The number of rotatable bonds is 8. The lowest BCUT2D eigenvalue weighted by Gasteiger charge is -2.15. The maximum atomic E-state index is 5.06. The van der Waals surface area contributed by atoms with E-state index in [2.05, 4.69) is 12.2 Å². The number of hydrogen-bond acceptors (Lipinski definition) is 3. The molecule has 12 heavy (non-hydrogen) atoms. The zero-order valence-electron chi connectivity index (χ0n) is 8.43. The molecule has 1 unspecified atom stereocenters. The molecule has 0 rings (SSSR count). The van der Waals surface area contributed by atoms with Crippen LogP contribution in [0, 0.1) is 0 Å². The van der Waals surface area contributed by atoms with Gasteiger partial charge in [-0.3, -0.25) is 0 Å². The van der Waals surface area contributed by atoms with E-state index in [0.29, 0.717) is 6.04 Å². The fourth-order valence-electron chi connectivity index (χ4n) is 1.04. The summed E-state index contributed by atoms with van der Waals surface area (Å²) in [5.74, 6) is 0. The lowest BCUT2D eigenvalue weighted by molar-refractivity contribution is 0.158. The molecule has 74 valence electrons. The quantitative estimate of drug-likeness (QED) is 0.559. The van der Waals surface area contributed by atoms with Crippen molar-refractivity contribution in [2.45, 2.75) is 25.8 Å². The van der Waals surface area contributed by atoms with Gasteiger partial charge < -0.3 is 14.8 Å². The van der Waals surface area contributed by atoms with Gasteiger partial charge >= 0.3 is 0 Å². The monoisotopic (exact) mass is 175 g/mol. The predicted octanol–water partition coefficient (Wildman–Crippen LogP) is 1.04. The SMILES string of the molecule is CCC(COC)NCCCOC. The highest BCUT2D eigenvalue weighted by atomic mass is 16.5. The molecular weight excluding hydrogens is 154 g/mol. The van der Waals surface area contributed by atoms with Crippen molar-refractivity contribution < 1.29 is 9.47 Å². The van der Waals surface area contributed by atoms with Crippen LogP contribution in [0.1, 0.15) is 19.8 Å². The van der Waals surface area contributed by atoms with Gasteiger partial charge in [0.1, 0.15) is 0 Å². The van der Waals surface area contributed by atoms with Crippen LogP contribution >= 0.6 is 0 Å². The summed E-state index contributed by atoms with van der Waals surface area (Å²) in [7, 11) is 3.46. The van der Waals surface area contributed by atoms with Crippen LogP contribution in [-0.4, -0.2) is 40.0 Å². The minimum atomic E-state index is 0.492. The Kier molecular flexibility index (Phi) is 8.88. The van der Waals surface area contributed by atoms with Gasteiger partial charge in [0.25, 0.3) is 0 Å². The highest BCUT2D eigenvalue weighted by Gasteiger charge is 2.02. The molecule has 0 saturated carbocycles. The van der Waals surface area contributed by atoms with E-state index in [-0.39, 0.29) is 0 Å². The highest BCUT2D eigenvalue weighted by Crippen LogP contribution is 1.91. The summed E-state index contributed by atoms with van der Waals surface area (Å²) in [6.45, 7) is 4.79. The molecule has 0 aliphatic carbocycles. The third-order valence-corrected chi connectivity index (χ3v) is 1.82. The summed E-state index contributed by atoms with van der Waals surface area (Å²) < 4.78 is 10.0. The Hall–Kier alpha value is -0.120. The molecule has 0 aliphatic rings. The summed E-state index contributed by atoms with van der Waals surface area (Å²) in [6, 6.07) is 0.492. The van der Waals surface area contributed by atoms with Crippen molar-refractivity contribution in [3.8, 4) is 0 Å². The Labute approximate surface area is 75.4 Å². The van der Waals surface area contributed by atoms with E-state index in [4.69, 9.17) is 9.47 Å². The molecule has 1 atom stereocenters. The van der Waals surface area contributed by atoms with Gasteiger partial charge in [0.2, 0.25) is 0 Å². The normalized spacial score (nSPS) is 13.2. The van der Waals surface area contributed by atoms with Crippen molar-refractivity contribution >= 4 is 0 Å². The number of methoxy groups -OCH3 is 2. The molecule has 1 N–H and O–H groups in total. The minimum Gasteiger partial charge on any atom is -0.385 e. The van der Waals surface area contributed by atoms with Gasteiger partial charge in [0.15, 0.2) is 0 Å². The summed E-state index contributed by atoms with van der Waals surface area (Å²) in [5.41, 5.74) is 0. The van der Waals surface area contributed by atoms with Gasteiger partial charge in [0, 0.05) is 26.9 Å². The number of nitrogens with one attached hydrogen (secondary N) is 1. The Morgan fingerprint density at radius 3 is 2.50 bits per heavy atom. The first-order valence-corrected chi connectivity index (χ1v) is 4.56. The van der Waals surface area contributed by atoms with Gasteiger partial charge in [-0.25, -0.2) is 0 Å². The third kappa shape index (κ3) is 6.58. The highest BCUT2D eigenvalue weighted by molar-refractivity contribution is 4.62. The van der Waals surface area contributed by atoms with Crippen LogP contribution in [0.5, 0.6) is 0 Å². The summed E-state index contributed by atoms with van der Waals surface area (Å²) in [6.07, 6.45) is 2.18. The Morgan fingerprint density at radius 1 is 1.25 bits per heavy atom. The number of ether oxygens (including phenoxy) is 2. The minimum absolute atomic E-state index is 0.492. The summed E-state index contributed by atoms with van der Waals surface area (Å²) in [5, 5.41) is 3.40. The maximum Gasteiger partial charge on any atom is 0.0615 e. The van der Waals surface area contributed by atoms with Crippen LogP contribution in [0.4, 0.5) is 0 Å². The molecule has 0 aromatic rings. The molecule has 0 aliphatic heterocycles. The maximum absolute atomic E-state index is 5.06. The van der Waals surface area contributed by atoms with Crippen molar-refractivity contribution in [1.29, 1.82) is 0 Å². The fraction of sp³-hybridized carbons (Fsp3) is 1.00. The fourth-order valence-corrected chi connectivity index (χ4v) is 1.04. The molecule has 0 bridgehead atoms. The second-order valence-electron chi connectivity index (χ2n) is 2.86. The van der Waals surface area contributed by atoms with Gasteiger partial charge in [0.05, 0.1) is 6.61 Å². The van der Waals surface area contributed by atoms with E-state index in [0.717, 1.165) is 32.6 Å². The molecule has 0 fully saturated rings. The van der Waals surface area contributed by atoms with Crippen LogP contribution in [0.2, 0.25) is 0 Å². The van der Waals surface area contributed by atoms with Crippen LogP contribution in [0.3, 0.4) is 0 Å². The van der Waals surface area contributed by atoms with Gasteiger partial charge in [-0.1, -0.05) is 6.92 Å². The molecular formula is C9H21NO2. The Balaban J connectivity index is 3.19. The second-order valence-corrected chi connectivity index (χ2v) is 2.86. The molecule has 0 aromatic carbocycles. The zero-order chi connectivity index (χ0) is 9.23. The van der Waals surface area contributed by atoms with E-state index >= 15 is 0 Å². The molecule has 0 heterocycles. The largest absolute Gasteiger partial charge is 0.385 e. The molecule has 0 radical (unpaired) electrons. The van der Waals surface area contributed by atoms with Crippen molar-refractivity contribution in [3.05, 3.63) is 0 Å².